The van der Waals surface area contributed by atoms with Crippen LogP contribution in [0.25, 0.3) is 0 Å². The van der Waals surface area contributed by atoms with E-state index in [0.29, 0.717) is 5.92 Å². The van der Waals surface area contributed by atoms with Gasteiger partial charge >= 0.3 is 0 Å². The van der Waals surface area contributed by atoms with Crippen molar-refractivity contribution in [2.75, 3.05) is 7.05 Å². The van der Waals surface area contributed by atoms with Crippen LogP contribution in [-0.2, 0) is 13.1 Å². The lowest BCUT2D eigenvalue weighted by molar-refractivity contribution is 0.306. The molecule has 0 radical (unpaired) electrons. The summed E-state index contributed by atoms with van der Waals surface area (Å²) in [6, 6.07) is 0. The highest BCUT2D eigenvalue weighted by Crippen LogP contribution is 2.42. The van der Waals surface area contributed by atoms with Crippen molar-refractivity contribution in [1.29, 1.82) is 0 Å². The van der Waals surface area contributed by atoms with Gasteiger partial charge in [0.05, 0.1) is 11.0 Å². The highest BCUT2D eigenvalue weighted by atomic mass is 79.9. The Morgan fingerprint density at radius 3 is 2.62 bits per heavy atom. The number of nitrogens with zero attached hydrogens (tertiary/aromatic N) is 1. The maximum absolute atomic E-state index is 6.08. The van der Waals surface area contributed by atoms with Gasteiger partial charge in [0, 0.05) is 18.0 Å². The maximum Gasteiger partial charge on any atom is 0.123 e. The quantitative estimate of drug-likeness (QED) is 0.774. The summed E-state index contributed by atoms with van der Waals surface area (Å²) in [6.45, 7) is 2.01. The molecule has 88 valence electrons. The van der Waals surface area contributed by atoms with Crippen molar-refractivity contribution in [3.05, 3.63) is 21.6 Å². The maximum atomic E-state index is 6.08. The fourth-order valence-corrected chi connectivity index (χ4v) is 3.75. The molecule has 1 aromatic heterocycles. The van der Waals surface area contributed by atoms with Crippen molar-refractivity contribution in [2.45, 2.75) is 51.1 Å². The minimum atomic E-state index is 0.666. The second-order valence-corrected chi connectivity index (χ2v) is 5.98. The third kappa shape index (κ3) is 1.74. The van der Waals surface area contributed by atoms with Crippen LogP contribution in [0, 0.1) is 0 Å². The molecule has 2 aliphatic rings. The third-order valence-electron chi connectivity index (χ3n) is 3.87. The SMILES string of the molecule is CN1Cc2oc(C3CCCCC3)c(Br)c2C1. The summed E-state index contributed by atoms with van der Waals surface area (Å²) in [5.41, 5.74) is 1.39. The van der Waals surface area contributed by atoms with Gasteiger partial charge in [0.1, 0.15) is 11.5 Å². The Kier molecular flexibility index (Phi) is 2.84. The summed E-state index contributed by atoms with van der Waals surface area (Å²) in [5, 5.41) is 0. The number of hydrogen-bond donors (Lipinski definition) is 0. The number of fused-ring (bicyclic) bond motifs is 1. The predicted molar refractivity (Wildman–Crippen MR) is 67.4 cm³/mol. The van der Waals surface area contributed by atoms with Crippen LogP contribution in [0.2, 0.25) is 0 Å². The van der Waals surface area contributed by atoms with Crippen molar-refractivity contribution in [1.82, 2.24) is 4.90 Å². The Balaban J connectivity index is 1.89. The molecule has 2 heterocycles. The van der Waals surface area contributed by atoms with E-state index in [1.165, 1.54) is 53.7 Å². The highest BCUT2D eigenvalue weighted by molar-refractivity contribution is 9.10. The van der Waals surface area contributed by atoms with Gasteiger partial charge < -0.3 is 4.42 Å². The zero-order valence-corrected chi connectivity index (χ0v) is 11.3. The molecule has 0 N–H and O–H groups in total. The Morgan fingerprint density at radius 1 is 1.19 bits per heavy atom. The second-order valence-electron chi connectivity index (χ2n) is 5.19. The van der Waals surface area contributed by atoms with Gasteiger partial charge in [0.25, 0.3) is 0 Å². The molecular formula is C13H18BrNO. The summed E-state index contributed by atoms with van der Waals surface area (Å²) in [4.78, 5) is 2.30. The fourth-order valence-electron chi connectivity index (χ4n) is 2.99. The molecule has 1 aliphatic heterocycles. The van der Waals surface area contributed by atoms with Gasteiger partial charge in [-0.15, -0.1) is 0 Å². The molecular weight excluding hydrogens is 266 g/mol. The van der Waals surface area contributed by atoms with Crippen LogP contribution in [0.1, 0.15) is 55.1 Å². The molecule has 0 spiro atoms. The molecule has 0 saturated heterocycles. The van der Waals surface area contributed by atoms with Gasteiger partial charge in [0.15, 0.2) is 0 Å². The number of rotatable bonds is 1. The molecule has 1 fully saturated rings. The summed E-state index contributed by atoms with van der Waals surface area (Å²) >= 11 is 3.74. The van der Waals surface area contributed by atoms with Crippen molar-refractivity contribution in [3.8, 4) is 0 Å². The zero-order valence-electron chi connectivity index (χ0n) is 9.76. The first-order chi connectivity index (χ1) is 7.75. The van der Waals surface area contributed by atoms with Gasteiger partial charge in [-0.25, -0.2) is 0 Å². The van der Waals surface area contributed by atoms with Crippen LogP contribution in [-0.4, -0.2) is 11.9 Å². The lowest BCUT2D eigenvalue weighted by atomic mass is 9.87. The van der Waals surface area contributed by atoms with Gasteiger partial charge in [-0.3, -0.25) is 4.90 Å². The standard InChI is InChI=1S/C13H18BrNO/c1-15-7-10-11(8-15)16-13(12(10)14)9-5-3-2-4-6-9/h9H,2-8H2,1H3. The average Bonchev–Trinajstić information content (AvgIpc) is 2.79. The first-order valence-electron chi connectivity index (χ1n) is 6.24. The Morgan fingerprint density at radius 2 is 1.94 bits per heavy atom. The summed E-state index contributed by atoms with van der Waals surface area (Å²) in [6.07, 6.45) is 6.74. The van der Waals surface area contributed by atoms with E-state index in [1.807, 2.05) is 0 Å². The van der Waals surface area contributed by atoms with Crippen LogP contribution in [0.3, 0.4) is 0 Å². The molecule has 0 amide bonds. The largest absolute Gasteiger partial charge is 0.463 e. The molecule has 1 aromatic rings. The van der Waals surface area contributed by atoms with Crippen LogP contribution in [0.15, 0.2) is 8.89 Å². The molecule has 3 rings (SSSR count). The van der Waals surface area contributed by atoms with E-state index in [9.17, 15) is 0 Å². The van der Waals surface area contributed by atoms with Gasteiger partial charge in [-0.1, -0.05) is 19.3 Å². The van der Waals surface area contributed by atoms with Crippen molar-refractivity contribution < 1.29 is 4.42 Å². The molecule has 0 bridgehead atoms. The van der Waals surface area contributed by atoms with E-state index >= 15 is 0 Å². The second kappa shape index (κ2) is 4.19. The predicted octanol–water partition coefficient (Wildman–Crippen LogP) is 4.04. The summed E-state index contributed by atoms with van der Waals surface area (Å²) in [5.74, 6) is 3.09. The third-order valence-corrected chi connectivity index (χ3v) is 4.74. The topological polar surface area (TPSA) is 16.4 Å². The van der Waals surface area contributed by atoms with E-state index in [-0.39, 0.29) is 0 Å². The van der Waals surface area contributed by atoms with E-state index in [4.69, 9.17) is 4.42 Å². The van der Waals surface area contributed by atoms with Crippen LogP contribution in [0.4, 0.5) is 0 Å². The van der Waals surface area contributed by atoms with E-state index < -0.39 is 0 Å². The monoisotopic (exact) mass is 283 g/mol. The summed E-state index contributed by atoms with van der Waals surface area (Å²) in [7, 11) is 2.14. The van der Waals surface area contributed by atoms with Gasteiger partial charge in [-0.05, 0) is 35.8 Å². The van der Waals surface area contributed by atoms with Crippen molar-refractivity contribution in [2.24, 2.45) is 0 Å². The zero-order chi connectivity index (χ0) is 11.1. The average molecular weight is 284 g/mol. The smallest absolute Gasteiger partial charge is 0.123 e. The minimum absolute atomic E-state index is 0.666. The molecule has 1 saturated carbocycles. The Labute approximate surface area is 105 Å². The number of furan rings is 1. The Hall–Kier alpha value is -0.280. The molecule has 0 aromatic carbocycles. The van der Waals surface area contributed by atoms with Crippen molar-refractivity contribution >= 4 is 15.9 Å². The van der Waals surface area contributed by atoms with Crippen LogP contribution in [0.5, 0.6) is 0 Å². The molecule has 3 heteroatoms. The molecule has 0 unspecified atom stereocenters. The van der Waals surface area contributed by atoms with E-state index in [1.54, 1.807) is 0 Å². The molecule has 16 heavy (non-hydrogen) atoms. The van der Waals surface area contributed by atoms with Crippen molar-refractivity contribution in [3.63, 3.8) is 0 Å². The van der Waals surface area contributed by atoms with Crippen LogP contribution < -0.4 is 0 Å². The number of hydrogen-bond acceptors (Lipinski definition) is 2. The van der Waals surface area contributed by atoms with Gasteiger partial charge in [-0.2, -0.15) is 0 Å². The first kappa shape index (κ1) is 10.8. The molecule has 2 nitrogen and oxygen atoms in total. The fraction of sp³-hybridized carbons (Fsp3) is 0.692. The number of halogens is 1. The van der Waals surface area contributed by atoms with E-state index in [0.717, 1.165) is 13.1 Å². The van der Waals surface area contributed by atoms with E-state index in [2.05, 4.69) is 27.9 Å². The minimum Gasteiger partial charge on any atom is -0.463 e. The lowest BCUT2D eigenvalue weighted by Crippen LogP contribution is -2.09. The molecule has 1 aliphatic carbocycles. The highest BCUT2D eigenvalue weighted by Gasteiger charge is 2.29. The first-order valence-corrected chi connectivity index (χ1v) is 7.03. The summed E-state index contributed by atoms with van der Waals surface area (Å²) < 4.78 is 7.34. The normalized spacial score (nSPS) is 22.6. The molecule has 0 atom stereocenters. The Bertz CT molecular complexity index is 393. The van der Waals surface area contributed by atoms with Gasteiger partial charge in [0.2, 0.25) is 0 Å². The lowest BCUT2D eigenvalue weighted by Gasteiger charge is -2.20. The van der Waals surface area contributed by atoms with Crippen LogP contribution >= 0.6 is 15.9 Å².